The van der Waals surface area contributed by atoms with Gasteiger partial charge in [-0.1, -0.05) is 13.3 Å². The molecule has 0 aliphatic carbocycles. The lowest BCUT2D eigenvalue weighted by Crippen LogP contribution is -2.50. The summed E-state index contributed by atoms with van der Waals surface area (Å²) in [4.78, 5) is 16.1. The maximum atomic E-state index is 11.8. The van der Waals surface area contributed by atoms with E-state index < -0.39 is 5.60 Å². The van der Waals surface area contributed by atoms with Gasteiger partial charge in [-0.2, -0.15) is 0 Å². The van der Waals surface area contributed by atoms with Crippen molar-refractivity contribution in [3.05, 3.63) is 0 Å². The first kappa shape index (κ1) is 14.3. The van der Waals surface area contributed by atoms with Gasteiger partial charge in [-0.05, 0) is 33.7 Å². The van der Waals surface area contributed by atoms with Gasteiger partial charge in [0.15, 0.2) is 0 Å². The van der Waals surface area contributed by atoms with Gasteiger partial charge in [-0.25, -0.2) is 4.79 Å². The second kappa shape index (κ2) is 6.24. The van der Waals surface area contributed by atoms with Gasteiger partial charge >= 0.3 is 6.09 Å². The van der Waals surface area contributed by atoms with Gasteiger partial charge < -0.3 is 9.64 Å². The van der Waals surface area contributed by atoms with Crippen LogP contribution in [0.5, 0.6) is 0 Å². The zero-order chi connectivity index (χ0) is 12.9. The fourth-order valence-corrected chi connectivity index (χ4v) is 1.86. The minimum absolute atomic E-state index is 0. The highest BCUT2D eigenvalue weighted by atomic mass is 16.6. The summed E-state index contributed by atoms with van der Waals surface area (Å²) >= 11 is 0. The average molecular weight is 250 g/mol. The van der Waals surface area contributed by atoms with E-state index in [0.717, 1.165) is 32.7 Å². The number of nitrogens with zero attached hydrogens (tertiary/aromatic N) is 2. The third-order valence-electron chi connectivity index (χ3n) is 2.85. The molecule has 1 aliphatic rings. The molecule has 0 spiro atoms. The number of carbonyl (C=O) groups excluding carboxylic acids is 1. The van der Waals surface area contributed by atoms with Crippen molar-refractivity contribution in [2.75, 3.05) is 32.7 Å². The van der Waals surface area contributed by atoms with Crippen LogP contribution in [-0.2, 0) is 4.74 Å². The van der Waals surface area contributed by atoms with Crippen molar-refractivity contribution in [2.24, 2.45) is 0 Å². The smallest absolute Gasteiger partial charge is 0.410 e. The molecule has 0 aromatic heterocycles. The molecule has 0 radical (unpaired) electrons. The molecule has 1 amide bonds. The molecule has 0 aromatic rings. The Balaban J connectivity index is -0.000000361. The lowest BCUT2D eigenvalue weighted by atomic mass is 10.2. The molecule has 108 valence electrons. The molecule has 0 N–H and O–H groups in total. The minimum Gasteiger partial charge on any atom is -0.444 e. The zero-order valence-corrected chi connectivity index (χ0v) is 11.7. The van der Waals surface area contributed by atoms with Gasteiger partial charge in [0.2, 0.25) is 0 Å². The third-order valence-corrected chi connectivity index (χ3v) is 2.85. The molecule has 1 aliphatic heterocycles. The summed E-state index contributed by atoms with van der Waals surface area (Å²) in [7, 11) is 0. The van der Waals surface area contributed by atoms with E-state index in [1.54, 1.807) is 0 Å². The van der Waals surface area contributed by atoms with Crippen LogP contribution in [0.15, 0.2) is 0 Å². The second-order valence-electron chi connectivity index (χ2n) is 5.66. The van der Waals surface area contributed by atoms with E-state index in [9.17, 15) is 4.79 Å². The molecule has 1 fully saturated rings. The van der Waals surface area contributed by atoms with Crippen molar-refractivity contribution in [1.82, 2.24) is 9.80 Å². The van der Waals surface area contributed by atoms with E-state index in [1.807, 2.05) is 25.7 Å². The summed E-state index contributed by atoms with van der Waals surface area (Å²) in [6.45, 7) is 12.6. The summed E-state index contributed by atoms with van der Waals surface area (Å²) < 4.78 is 5.36. The quantitative estimate of drug-likeness (QED) is 0.770. The molecule has 1 rings (SSSR count). The van der Waals surface area contributed by atoms with Crippen molar-refractivity contribution in [3.8, 4) is 0 Å². The molecule has 0 atom stereocenters. The lowest BCUT2D eigenvalue weighted by Gasteiger charge is -2.35. The van der Waals surface area contributed by atoms with Crippen LogP contribution in [0.3, 0.4) is 0 Å². The van der Waals surface area contributed by atoms with Gasteiger partial charge in [0.1, 0.15) is 5.60 Å². The minimum atomic E-state index is -0.392. The largest absolute Gasteiger partial charge is 0.444 e. The van der Waals surface area contributed by atoms with E-state index in [0.29, 0.717) is 0 Å². The molecule has 0 aromatic carbocycles. The lowest BCUT2D eigenvalue weighted by molar-refractivity contribution is 0.0144. The van der Waals surface area contributed by atoms with Crippen LogP contribution < -0.4 is 0 Å². The molecule has 17 heavy (non-hydrogen) atoms. The van der Waals surface area contributed by atoms with Crippen LogP contribution in [0.1, 0.15) is 46.2 Å². The molecular formula is C13H34N2O2. The van der Waals surface area contributed by atoms with Crippen LogP contribution in [0.2, 0.25) is 0 Å². The summed E-state index contributed by atoms with van der Waals surface area (Å²) in [5.74, 6) is 0. The Morgan fingerprint density at radius 3 is 2.29 bits per heavy atom. The normalized spacial score (nSPS) is 18.2. The molecular weight excluding hydrogens is 216 g/mol. The van der Waals surface area contributed by atoms with E-state index in [1.165, 1.54) is 12.8 Å². The zero-order valence-electron chi connectivity index (χ0n) is 11.7. The second-order valence-corrected chi connectivity index (χ2v) is 5.66. The average Bonchev–Trinajstić information content (AvgIpc) is 2.24. The van der Waals surface area contributed by atoms with Gasteiger partial charge in [-0.3, -0.25) is 4.90 Å². The Morgan fingerprint density at radius 2 is 1.82 bits per heavy atom. The summed E-state index contributed by atoms with van der Waals surface area (Å²) in [5, 5.41) is 0. The number of hydrogen-bond acceptors (Lipinski definition) is 3. The Hall–Kier alpha value is -0.770. The molecule has 0 unspecified atom stereocenters. The Bertz CT molecular complexity index is 255. The maximum absolute atomic E-state index is 11.8. The SMILES string of the molecule is CCCCN1CCN(C(=O)OC(C)(C)C)CC1.[HH].[HH].[HH].[HH]. The molecule has 0 bridgehead atoms. The summed E-state index contributed by atoms with van der Waals surface area (Å²) in [6.07, 6.45) is 2.30. The van der Waals surface area contributed by atoms with E-state index in [4.69, 9.17) is 4.74 Å². The van der Waals surface area contributed by atoms with Crippen molar-refractivity contribution >= 4 is 6.09 Å². The van der Waals surface area contributed by atoms with Crippen LogP contribution in [-0.4, -0.2) is 54.2 Å². The first-order chi connectivity index (χ1) is 7.92. The fraction of sp³-hybridized carbons (Fsp3) is 0.923. The van der Waals surface area contributed by atoms with Crippen LogP contribution in [0.4, 0.5) is 4.79 Å². The molecule has 4 heteroatoms. The predicted molar refractivity (Wildman–Crippen MR) is 77.6 cm³/mol. The third kappa shape index (κ3) is 5.39. The summed E-state index contributed by atoms with van der Waals surface area (Å²) in [6, 6.07) is 0. The van der Waals surface area contributed by atoms with Gasteiger partial charge in [0.05, 0.1) is 0 Å². The fourth-order valence-electron chi connectivity index (χ4n) is 1.86. The van der Waals surface area contributed by atoms with Gasteiger partial charge in [-0.15, -0.1) is 0 Å². The van der Waals surface area contributed by atoms with Crippen molar-refractivity contribution < 1.29 is 15.2 Å². The number of rotatable bonds is 3. The highest BCUT2D eigenvalue weighted by Crippen LogP contribution is 2.12. The Labute approximate surface area is 111 Å². The molecule has 1 saturated heterocycles. The van der Waals surface area contributed by atoms with Crippen LogP contribution in [0, 0.1) is 0 Å². The number of ether oxygens (including phenoxy) is 1. The van der Waals surface area contributed by atoms with E-state index >= 15 is 0 Å². The molecule has 0 saturated carbocycles. The van der Waals surface area contributed by atoms with Crippen molar-refractivity contribution in [2.45, 2.75) is 46.1 Å². The monoisotopic (exact) mass is 250 g/mol. The van der Waals surface area contributed by atoms with Crippen LogP contribution >= 0.6 is 0 Å². The number of hydrogen-bond donors (Lipinski definition) is 0. The molecule has 1 heterocycles. The first-order valence-corrected chi connectivity index (χ1v) is 6.62. The van der Waals surface area contributed by atoms with E-state index in [-0.39, 0.29) is 11.8 Å². The highest BCUT2D eigenvalue weighted by molar-refractivity contribution is 5.68. The standard InChI is InChI=1S/C13H26N2O2.4H2/c1-5-6-7-14-8-10-15(11-9-14)12(16)17-13(2,3)4;;;;/h5-11H2,1-4H3;4*1H. The topological polar surface area (TPSA) is 32.8 Å². The number of unbranched alkanes of at least 4 members (excludes halogenated alkanes) is 1. The predicted octanol–water partition coefficient (Wildman–Crippen LogP) is 3.32. The number of amides is 1. The van der Waals surface area contributed by atoms with Crippen LogP contribution in [0.25, 0.3) is 0 Å². The van der Waals surface area contributed by atoms with Gasteiger partial charge in [0.25, 0.3) is 0 Å². The Kier molecular flexibility index (Phi) is 5.25. The molecule has 4 nitrogen and oxygen atoms in total. The first-order valence-electron chi connectivity index (χ1n) is 6.62. The summed E-state index contributed by atoms with van der Waals surface area (Å²) in [5.41, 5.74) is -0.392. The van der Waals surface area contributed by atoms with Crippen molar-refractivity contribution in [1.29, 1.82) is 0 Å². The number of carbonyl (C=O) groups is 1. The van der Waals surface area contributed by atoms with Crippen molar-refractivity contribution in [3.63, 3.8) is 0 Å². The van der Waals surface area contributed by atoms with E-state index in [2.05, 4.69) is 11.8 Å². The number of piperazine rings is 1. The van der Waals surface area contributed by atoms with Gasteiger partial charge in [0, 0.05) is 31.9 Å². The Morgan fingerprint density at radius 1 is 1.24 bits per heavy atom. The highest BCUT2D eigenvalue weighted by Gasteiger charge is 2.25. The maximum Gasteiger partial charge on any atom is 0.410 e.